The fraction of sp³-hybridized carbons (Fsp3) is 0.294. The largest absolute Gasteiger partial charge is 0.457 e. The van der Waals surface area contributed by atoms with Crippen molar-refractivity contribution in [3.63, 3.8) is 0 Å². The number of hydrogen-bond acceptors (Lipinski definition) is 12. The normalized spacial score (nSPS) is 18.4. The summed E-state index contributed by atoms with van der Waals surface area (Å²) in [5, 5.41) is 7.67. The van der Waals surface area contributed by atoms with Gasteiger partial charge in [0.05, 0.1) is 0 Å². The van der Waals surface area contributed by atoms with Crippen LogP contribution >= 0.6 is 23.1 Å². The van der Waals surface area contributed by atoms with Crippen molar-refractivity contribution >= 4 is 57.7 Å². The fourth-order valence-electron chi connectivity index (χ4n) is 4.91. The lowest BCUT2D eigenvalue weighted by atomic mass is 10.0. The third-order valence-electron chi connectivity index (χ3n) is 7.17. The number of oxime groups is 1. The predicted molar refractivity (Wildman–Crippen MR) is 183 cm³/mol. The number of rotatable bonds is 11. The number of β-lactam (4-membered cyclic amide) rings is 1. The lowest BCUT2D eigenvalue weighted by Gasteiger charge is -2.49. The number of ether oxygens (including phenoxy) is 2. The Morgan fingerprint density at radius 3 is 2.27 bits per heavy atom. The van der Waals surface area contributed by atoms with Crippen LogP contribution in [0.2, 0.25) is 0 Å². The van der Waals surface area contributed by atoms with Gasteiger partial charge >= 0.3 is 11.9 Å². The van der Waals surface area contributed by atoms with Gasteiger partial charge in [-0.2, -0.15) is 0 Å². The number of nitrogens with zero attached hydrogens (tertiary/aromatic N) is 3. The summed E-state index contributed by atoms with van der Waals surface area (Å²) >= 11 is 2.43. The van der Waals surface area contributed by atoms with Crippen LogP contribution in [0.15, 0.2) is 95.1 Å². The Kier molecular flexibility index (Phi) is 10.3. The van der Waals surface area contributed by atoms with Crippen LogP contribution in [0.1, 0.15) is 50.6 Å². The SMILES string of the molecule is C=CC1=C(C(=O)OC(c2ccccc2)c2ccccc2)N2C(=O)C(NC(=O)C(=NOC(C)C(=O)OC(C)(C)C)c3csc(N)n3)[C@H]2SC1. The Labute approximate surface area is 286 Å². The summed E-state index contributed by atoms with van der Waals surface area (Å²) in [6, 6.07) is 17.6. The molecule has 2 aromatic carbocycles. The van der Waals surface area contributed by atoms with Gasteiger partial charge in [-0.05, 0) is 44.4 Å². The van der Waals surface area contributed by atoms with E-state index in [0.29, 0.717) is 11.3 Å². The average molecular weight is 690 g/mol. The summed E-state index contributed by atoms with van der Waals surface area (Å²) < 4.78 is 11.4. The van der Waals surface area contributed by atoms with E-state index in [-0.39, 0.29) is 22.2 Å². The molecule has 2 unspecified atom stereocenters. The first kappa shape index (κ1) is 34.4. The number of nitrogens with two attached hydrogens (primary N) is 1. The molecule has 3 aromatic rings. The molecule has 12 nitrogen and oxygen atoms in total. The van der Waals surface area contributed by atoms with Crippen LogP contribution in [0, 0.1) is 0 Å². The first-order valence-electron chi connectivity index (χ1n) is 15.0. The number of nitrogen functional groups attached to an aromatic ring is 1. The second-order valence-electron chi connectivity index (χ2n) is 11.8. The first-order valence-corrected chi connectivity index (χ1v) is 16.9. The summed E-state index contributed by atoms with van der Waals surface area (Å²) in [4.78, 5) is 64.3. The zero-order valence-corrected chi connectivity index (χ0v) is 28.4. The first-order chi connectivity index (χ1) is 22.9. The summed E-state index contributed by atoms with van der Waals surface area (Å²) in [6.45, 7) is 10.4. The summed E-state index contributed by atoms with van der Waals surface area (Å²) in [6.07, 6.45) is -0.352. The molecule has 1 saturated heterocycles. The molecule has 2 amide bonds. The van der Waals surface area contributed by atoms with Gasteiger partial charge in [0.25, 0.3) is 11.8 Å². The van der Waals surface area contributed by atoms with Gasteiger partial charge in [-0.1, -0.05) is 78.5 Å². The van der Waals surface area contributed by atoms with Crippen LogP contribution in [-0.2, 0) is 33.5 Å². The van der Waals surface area contributed by atoms with Gasteiger partial charge in [-0.15, -0.1) is 23.1 Å². The Balaban J connectivity index is 1.35. The lowest BCUT2D eigenvalue weighted by molar-refractivity contribution is -0.167. The highest BCUT2D eigenvalue weighted by Gasteiger charge is 2.54. The van der Waals surface area contributed by atoms with Gasteiger partial charge in [-0.25, -0.2) is 14.6 Å². The van der Waals surface area contributed by atoms with Gasteiger partial charge in [0.1, 0.15) is 28.4 Å². The zero-order chi connectivity index (χ0) is 34.6. The molecule has 3 atom stereocenters. The van der Waals surface area contributed by atoms with Gasteiger partial charge in [-0.3, -0.25) is 14.5 Å². The Bertz CT molecular complexity index is 1730. The number of fused-ring (bicyclic) bond motifs is 1. The number of nitrogens with one attached hydrogen (secondary N) is 1. The van der Waals surface area contributed by atoms with Crippen molar-refractivity contribution in [1.82, 2.24) is 15.2 Å². The van der Waals surface area contributed by atoms with E-state index in [1.165, 1.54) is 35.0 Å². The molecule has 1 aromatic heterocycles. The van der Waals surface area contributed by atoms with Crippen molar-refractivity contribution < 1.29 is 33.5 Å². The highest BCUT2D eigenvalue weighted by molar-refractivity contribution is 8.00. The van der Waals surface area contributed by atoms with E-state index in [2.05, 4.69) is 22.0 Å². The van der Waals surface area contributed by atoms with E-state index in [1.807, 2.05) is 60.7 Å². The van der Waals surface area contributed by atoms with Gasteiger partial charge in [0.2, 0.25) is 6.10 Å². The van der Waals surface area contributed by atoms with Crippen LogP contribution in [0.5, 0.6) is 0 Å². The molecule has 250 valence electrons. The highest BCUT2D eigenvalue weighted by atomic mass is 32.2. The molecule has 0 spiro atoms. The van der Waals surface area contributed by atoms with E-state index >= 15 is 0 Å². The van der Waals surface area contributed by atoms with Crippen molar-refractivity contribution in [2.24, 2.45) is 5.16 Å². The van der Waals surface area contributed by atoms with Crippen molar-refractivity contribution in [2.45, 2.75) is 56.9 Å². The molecule has 48 heavy (non-hydrogen) atoms. The Morgan fingerprint density at radius 1 is 1.10 bits per heavy atom. The lowest BCUT2D eigenvalue weighted by Crippen LogP contribution is -2.71. The summed E-state index contributed by atoms with van der Waals surface area (Å²) in [7, 11) is 0. The molecule has 0 radical (unpaired) electrons. The van der Waals surface area contributed by atoms with Crippen LogP contribution < -0.4 is 11.1 Å². The number of benzene rings is 2. The molecule has 1 fully saturated rings. The third-order valence-corrected chi connectivity index (χ3v) is 9.15. The molecule has 3 heterocycles. The average Bonchev–Trinajstić information content (AvgIpc) is 3.50. The monoisotopic (exact) mass is 689 g/mol. The van der Waals surface area contributed by atoms with Crippen LogP contribution in [0.3, 0.4) is 0 Å². The number of hydrogen-bond donors (Lipinski definition) is 2. The van der Waals surface area contributed by atoms with Crippen molar-refractivity contribution in [3.8, 4) is 0 Å². The Morgan fingerprint density at radius 2 is 1.73 bits per heavy atom. The number of thiazole rings is 1. The van der Waals surface area contributed by atoms with Crippen LogP contribution in [-0.4, -0.2) is 68.2 Å². The molecule has 0 bridgehead atoms. The van der Waals surface area contributed by atoms with Crippen LogP contribution in [0.4, 0.5) is 5.13 Å². The van der Waals surface area contributed by atoms with E-state index in [9.17, 15) is 19.2 Å². The quantitative estimate of drug-likeness (QED) is 0.128. The molecule has 5 rings (SSSR count). The van der Waals surface area contributed by atoms with E-state index in [1.54, 1.807) is 20.8 Å². The molecule has 0 saturated carbocycles. The van der Waals surface area contributed by atoms with E-state index in [4.69, 9.17) is 20.0 Å². The highest BCUT2D eigenvalue weighted by Crippen LogP contribution is 2.42. The molecule has 2 aliphatic rings. The summed E-state index contributed by atoms with van der Waals surface area (Å²) in [5.41, 5.74) is 6.97. The minimum absolute atomic E-state index is 0.0665. The van der Waals surface area contributed by atoms with E-state index < -0.39 is 53.0 Å². The second kappa shape index (κ2) is 14.4. The van der Waals surface area contributed by atoms with Crippen LogP contribution in [0.25, 0.3) is 0 Å². The van der Waals surface area contributed by atoms with Crippen molar-refractivity contribution in [3.05, 3.63) is 107 Å². The molecule has 14 heteroatoms. The minimum atomic E-state index is -1.15. The Hall–Kier alpha value is -4.95. The predicted octanol–water partition coefficient (Wildman–Crippen LogP) is 4.35. The van der Waals surface area contributed by atoms with Gasteiger partial charge in [0, 0.05) is 11.1 Å². The molecular weight excluding hydrogens is 655 g/mol. The number of allylic oxidation sites excluding steroid dienone is 1. The zero-order valence-electron chi connectivity index (χ0n) is 26.7. The van der Waals surface area contributed by atoms with Crippen molar-refractivity contribution in [1.29, 1.82) is 0 Å². The smallest absolute Gasteiger partial charge is 0.356 e. The number of aromatic nitrogens is 1. The number of esters is 2. The maximum Gasteiger partial charge on any atom is 0.356 e. The summed E-state index contributed by atoms with van der Waals surface area (Å²) in [5.74, 6) is -2.35. The maximum atomic E-state index is 13.9. The van der Waals surface area contributed by atoms with Gasteiger partial charge in [0.15, 0.2) is 16.9 Å². The molecule has 0 aliphatic carbocycles. The van der Waals surface area contributed by atoms with Crippen molar-refractivity contribution in [2.75, 3.05) is 11.5 Å². The number of carbonyl (C=O) groups is 4. The number of amides is 2. The number of thioether (sulfide) groups is 1. The van der Waals surface area contributed by atoms with E-state index in [0.717, 1.165) is 22.5 Å². The molecule has 2 aliphatic heterocycles. The molecule has 3 N–H and O–H groups in total. The maximum absolute atomic E-state index is 13.9. The molecular formula is C34H35N5O7S2. The number of anilines is 1. The number of carbonyl (C=O) groups excluding carboxylic acids is 4. The fourth-order valence-corrected chi connectivity index (χ4v) is 6.79. The topological polar surface area (TPSA) is 163 Å². The second-order valence-corrected chi connectivity index (χ2v) is 13.8. The third kappa shape index (κ3) is 7.60. The minimum Gasteiger partial charge on any atom is -0.457 e. The standard InChI is InChI=1S/C34H35N5O7S2/c1-6-20-17-47-30-25(37-28(40)24(23-18-48-33(35)36-23)38-46-19(2)31(42)45-34(3,4)5)29(41)39(30)26(20)32(43)44-27(21-13-9-7-10-14-21)22-15-11-8-12-16-22/h6-16,18-19,25,27,30H,1,17H2,2-5H3,(H2,35,36)(H,37,40)/t19?,25?,30-/m1/s1. The van der Waals surface area contributed by atoms with Gasteiger partial charge < -0.3 is 25.4 Å².